The molecule has 1 aromatic heterocycles. The quantitative estimate of drug-likeness (QED) is 0.578. The molecule has 4 rings (SSSR count). The number of para-hydroxylation sites is 1. The lowest BCUT2D eigenvalue weighted by atomic mass is 10.1. The monoisotopic (exact) mass is 288 g/mol. The van der Waals surface area contributed by atoms with E-state index in [2.05, 4.69) is 21.6 Å². The molecular formula is C17H12N4O. The van der Waals surface area contributed by atoms with E-state index in [4.69, 9.17) is 4.74 Å². The molecular weight excluding hydrogens is 276 g/mol. The van der Waals surface area contributed by atoms with Gasteiger partial charge in [0.25, 0.3) is 0 Å². The Morgan fingerprint density at radius 2 is 1.55 bits per heavy atom. The summed E-state index contributed by atoms with van der Waals surface area (Å²) in [5.41, 5.74) is 0.850. The largest absolute Gasteiger partial charge is 0.423 e. The molecule has 0 aliphatic carbocycles. The molecule has 5 heteroatoms. The summed E-state index contributed by atoms with van der Waals surface area (Å²) in [7, 11) is 0. The first kappa shape index (κ1) is 12.5. The number of hydrogen-bond donors (Lipinski definition) is 0. The molecule has 4 aromatic rings. The van der Waals surface area contributed by atoms with Gasteiger partial charge in [0, 0.05) is 0 Å². The van der Waals surface area contributed by atoms with E-state index in [1.54, 1.807) is 4.68 Å². The Labute approximate surface area is 126 Å². The zero-order chi connectivity index (χ0) is 14.8. The van der Waals surface area contributed by atoms with Gasteiger partial charge in [-0.3, -0.25) is 0 Å². The van der Waals surface area contributed by atoms with Crippen molar-refractivity contribution in [3.8, 4) is 17.4 Å². The van der Waals surface area contributed by atoms with Crippen molar-refractivity contribution in [2.24, 2.45) is 0 Å². The first-order chi connectivity index (χ1) is 10.9. The molecule has 0 spiro atoms. The summed E-state index contributed by atoms with van der Waals surface area (Å²) in [5, 5.41) is 13.9. The van der Waals surface area contributed by atoms with Gasteiger partial charge >= 0.3 is 6.01 Å². The molecule has 0 saturated carbocycles. The number of rotatable bonds is 3. The Morgan fingerprint density at radius 1 is 0.773 bits per heavy atom. The maximum Gasteiger partial charge on any atom is 0.345 e. The smallest absolute Gasteiger partial charge is 0.345 e. The number of tetrazole rings is 1. The van der Waals surface area contributed by atoms with Crippen molar-refractivity contribution in [1.82, 2.24) is 20.2 Å². The molecule has 0 aliphatic rings. The highest BCUT2D eigenvalue weighted by Crippen LogP contribution is 2.25. The Morgan fingerprint density at radius 3 is 2.41 bits per heavy atom. The maximum absolute atomic E-state index is 5.84. The van der Waals surface area contributed by atoms with Crippen molar-refractivity contribution in [1.29, 1.82) is 0 Å². The molecule has 0 fully saturated rings. The molecule has 0 radical (unpaired) electrons. The summed E-state index contributed by atoms with van der Waals surface area (Å²) in [4.78, 5) is 0. The van der Waals surface area contributed by atoms with Crippen molar-refractivity contribution in [2.75, 3.05) is 0 Å². The topological polar surface area (TPSA) is 52.8 Å². The van der Waals surface area contributed by atoms with Crippen LogP contribution < -0.4 is 4.74 Å². The van der Waals surface area contributed by atoms with Crippen LogP contribution in [-0.4, -0.2) is 20.2 Å². The molecule has 0 atom stereocenters. The van der Waals surface area contributed by atoms with E-state index in [0.29, 0.717) is 11.8 Å². The second-order valence-corrected chi connectivity index (χ2v) is 4.82. The fourth-order valence-corrected chi connectivity index (χ4v) is 2.31. The lowest BCUT2D eigenvalue weighted by Gasteiger charge is -2.07. The summed E-state index contributed by atoms with van der Waals surface area (Å²) in [6.45, 7) is 0. The van der Waals surface area contributed by atoms with E-state index in [1.807, 2.05) is 66.7 Å². The SMILES string of the molecule is c1ccc(-n2nnnc2Oc2ccc3ccccc3c2)cc1. The number of nitrogens with zero attached hydrogens (tertiary/aromatic N) is 4. The van der Waals surface area contributed by atoms with Gasteiger partial charge in [-0.1, -0.05) is 53.6 Å². The number of ether oxygens (including phenoxy) is 1. The van der Waals surface area contributed by atoms with Crippen LogP contribution >= 0.6 is 0 Å². The predicted octanol–water partition coefficient (Wildman–Crippen LogP) is 3.61. The molecule has 1 heterocycles. The van der Waals surface area contributed by atoms with Crippen molar-refractivity contribution in [2.45, 2.75) is 0 Å². The predicted molar refractivity (Wildman–Crippen MR) is 83.2 cm³/mol. The highest BCUT2D eigenvalue weighted by molar-refractivity contribution is 5.83. The average Bonchev–Trinajstić information content (AvgIpc) is 3.04. The van der Waals surface area contributed by atoms with Crippen LogP contribution in [-0.2, 0) is 0 Å². The number of aromatic nitrogens is 4. The van der Waals surface area contributed by atoms with Gasteiger partial charge in [-0.05, 0) is 45.5 Å². The summed E-state index contributed by atoms with van der Waals surface area (Å²) in [5.74, 6) is 0.700. The summed E-state index contributed by atoms with van der Waals surface area (Å²) < 4.78 is 7.40. The molecule has 22 heavy (non-hydrogen) atoms. The third kappa shape index (κ3) is 2.29. The van der Waals surface area contributed by atoms with Crippen LogP contribution in [0.25, 0.3) is 16.5 Å². The molecule has 0 unspecified atom stereocenters. The van der Waals surface area contributed by atoms with Gasteiger partial charge < -0.3 is 4.74 Å². The van der Waals surface area contributed by atoms with E-state index in [0.717, 1.165) is 16.5 Å². The molecule has 0 bridgehead atoms. The lowest BCUT2D eigenvalue weighted by Crippen LogP contribution is -1.99. The highest BCUT2D eigenvalue weighted by atomic mass is 16.5. The van der Waals surface area contributed by atoms with Gasteiger partial charge in [0.2, 0.25) is 0 Å². The third-order valence-electron chi connectivity index (χ3n) is 3.37. The minimum absolute atomic E-state index is 0.335. The van der Waals surface area contributed by atoms with Crippen molar-refractivity contribution in [3.05, 3.63) is 72.8 Å². The third-order valence-corrected chi connectivity index (χ3v) is 3.37. The van der Waals surface area contributed by atoms with Gasteiger partial charge in [-0.15, -0.1) is 0 Å². The van der Waals surface area contributed by atoms with Crippen LogP contribution in [0, 0.1) is 0 Å². The Hall–Kier alpha value is -3.21. The van der Waals surface area contributed by atoms with Crippen molar-refractivity contribution in [3.63, 3.8) is 0 Å². The van der Waals surface area contributed by atoms with Crippen LogP contribution in [0.15, 0.2) is 72.8 Å². The van der Waals surface area contributed by atoms with Gasteiger partial charge in [0.05, 0.1) is 5.69 Å². The fraction of sp³-hybridized carbons (Fsp3) is 0. The number of benzene rings is 3. The van der Waals surface area contributed by atoms with E-state index in [9.17, 15) is 0 Å². The lowest BCUT2D eigenvalue weighted by molar-refractivity contribution is 0.428. The van der Waals surface area contributed by atoms with E-state index in [-0.39, 0.29) is 0 Å². The summed E-state index contributed by atoms with van der Waals surface area (Å²) >= 11 is 0. The Bertz CT molecular complexity index is 918. The molecule has 3 aromatic carbocycles. The second-order valence-electron chi connectivity index (χ2n) is 4.82. The first-order valence-corrected chi connectivity index (χ1v) is 6.91. The van der Waals surface area contributed by atoms with Gasteiger partial charge in [0.1, 0.15) is 5.75 Å². The molecule has 0 N–H and O–H groups in total. The second kappa shape index (κ2) is 5.29. The normalized spacial score (nSPS) is 10.7. The van der Waals surface area contributed by atoms with E-state index < -0.39 is 0 Å². The first-order valence-electron chi connectivity index (χ1n) is 6.91. The molecule has 106 valence electrons. The van der Waals surface area contributed by atoms with Crippen LogP contribution in [0.1, 0.15) is 0 Å². The van der Waals surface area contributed by atoms with Crippen LogP contribution in [0.3, 0.4) is 0 Å². The number of fused-ring (bicyclic) bond motifs is 1. The molecule has 0 saturated heterocycles. The van der Waals surface area contributed by atoms with Crippen molar-refractivity contribution < 1.29 is 4.74 Å². The maximum atomic E-state index is 5.84. The zero-order valence-corrected chi connectivity index (χ0v) is 11.6. The van der Waals surface area contributed by atoms with Gasteiger partial charge in [0.15, 0.2) is 0 Å². The Kier molecular flexibility index (Phi) is 3.01. The molecule has 0 amide bonds. The molecule has 0 aliphatic heterocycles. The fourth-order valence-electron chi connectivity index (χ4n) is 2.31. The average molecular weight is 288 g/mol. The summed E-state index contributed by atoms with van der Waals surface area (Å²) in [6, 6.07) is 24.0. The van der Waals surface area contributed by atoms with E-state index in [1.165, 1.54) is 0 Å². The highest BCUT2D eigenvalue weighted by Gasteiger charge is 2.10. The van der Waals surface area contributed by atoms with Gasteiger partial charge in [-0.25, -0.2) is 0 Å². The van der Waals surface area contributed by atoms with Crippen LogP contribution in [0.5, 0.6) is 11.8 Å². The minimum Gasteiger partial charge on any atom is -0.423 e. The van der Waals surface area contributed by atoms with Crippen molar-refractivity contribution >= 4 is 10.8 Å². The standard InChI is InChI=1S/C17H12N4O/c1-2-8-15(9-3-1)21-17(18-19-20-21)22-16-11-10-13-6-4-5-7-14(13)12-16/h1-12H. The van der Waals surface area contributed by atoms with Gasteiger partial charge in [-0.2, -0.15) is 4.68 Å². The minimum atomic E-state index is 0.335. The summed E-state index contributed by atoms with van der Waals surface area (Å²) in [6.07, 6.45) is 0. The Balaban J connectivity index is 1.70. The molecule has 5 nitrogen and oxygen atoms in total. The zero-order valence-electron chi connectivity index (χ0n) is 11.6. The number of hydrogen-bond acceptors (Lipinski definition) is 4. The van der Waals surface area contributed by atoms with E-state index >= 15 is 0 Å². The van der Waals surface area contributed by atoms with Crippen LogP contribution in [0.4, 0.5) is 0 Å². The van der Waals surface area contributed by atoms with Crippen LogP contribution in [0.2, 0.25) is 0 Å².